The van der Waals surface area contributed by atoms with Crippen LogP contribution in [0, 0.1) is 0 Å². The lowest BCUT2D eigenvalue weighted by molar-refractivity contribution is 0.0365. The number of hydrogen-bond donors (Lipinski definition) is 2. The third-order valence-electron chi connectivity index (χ3n) is 3.76. The molecule has 0 amide bonds. The summed E-state index contributed by atoms with van der Waals surface area (Å²) in [5.41, 5.74) is 5.39. The van der Waals surface area contributed by atoms with E-state index in [2.05, 4.69) is 14.9 Å². The van der Waals surface area contributed by atoms with Crippen LogP contribution in [0.25, 0.3) is 0 Å². The fourth-order valence-corrected chi connectivity index (χ4v) is 2.48. The first kappa shape index (κ1) is 16.0. The molecule has 1 aliphatic rings. The third-order valence-corrected chi connectivity index (χ3v) is 3.76. The predicted molar refractivity (Wildman–Crippen MR) is 83.8 cm³/mol. The summed E-state index contributed by atoms with van der Waals surface area (Å²) in [4.78, 5) is 21.3. The van der Waals surface area contributed by atoms with Crippen molar-refractivity contribution in [1.29, 1.82) is 0 Å². The quantitative estimate of drug-likeness (QED) is 0.771. The smallest absolute Gasteiger partial charge is 0.252 e. The summed E-state index contributed by atoms with van der Waals surface area (Å²) in [6.45, 7) is 7.22. The molecule has 118 valence electrons. The number of hydrogen-bond acceptors (Lipinski definition) is 5. The number of rotatable bonds is 6. The van der Waals surface area contributed by atoms with Gasteiger partial charge in [0, 0.05) is 31.7 Å². The number of H-pyrrole nitrogens is 1. The van der Waals surface area contributed by atoms with Gasteiger partial charge in [-0.25, -0.2) is 4.98 Å². The molecule has 1 aromatic heterocycles. The van der Waals surface area contributed by atoms with Crippen LogP contribution >= 0.6 is 0 Å². The van der Waals surface area contributed by atoms with Crippen molar-refractivity contribution >= 4 is 5.82 Å². The Kier molecular flexibility index (Phi) is 5.76. The minimum atomic E-state index is -0.0787. The van der Waals surface area contributed by atoms with Gasteiger partial charge in [-0.1, -0.05) is 13.8 Å². The first-order chi connectivity index (χ1) is 10.1. The van der Waals surface area contributed by atoms with E-state index >= 15 is 0 Å². The number of nitrogens with zero attached hydrogens (tertiary/aromatic N) is 2. The van der Waals surface area contributed by atoms with Crippen molar-refractivity contribution in [2.75, 3.05) is 31.1 Å². The molecule has 0 saturated carbocycles. The van der Waals surface area contributed by atoms with E-state index in [4.69, 9.17) is 10.5 Å². The van der Waals surface area contributed by atoms with E-state index in [0.717, 1.165) is 50.6 Å². The highest BCUT2D eigenvalue weighted by atomic mass is 16.5. The minimum absolute atomic E-state index is 0.0787. The van der Waals surface area contributed by atoms with Gasteiger partial charge in [-0.15, -0.1) is 0 Å². The molecule has 2 rings (SSSR count). The van der Waals surface area contributed by atoms with Gasteiger partial charge in [0.1, 0.15) is 11.6 Å². The normalized spacial score (nSPS) is 16.7. The van der Waals surface area contributed by atoms with E-state index in [1.54, 1.807) is 6.07 Å². The Hall–Kier alpha value is -1.40. The first-order valence-electron chi connectivity index (χ1n) is 7.78. The number of aromatic nitrogens is 2. The monoisotopic (exact) mass is 294 g/mol. The van der Waals surface area contributed by atoms with Crippen molar-refractivity contribution < 1.29 is 4.74 Å². The summed E-state index contributed by atoms with van der Waals surface area (Å²) < 4.78 is 5.80. The maximum Gasteiger partial charge on any atom is 0.252 e. The van der Waals surface area contributed by atoms with Crippen molar-refractivity contribution in [3.05, 3.63) is 22.2 Å². The molecule has 0 atom stereocenters. The number of anilines is 1. The predicted octanol–water partition coefficient (Wildman–Crippen LogP) is 1.23. The number of ether oxygens (including phenoxy) is 1. The van der Waals surface area contributed by atoms with Crippen molar-refractivity contribution in [3.8, 4) is 0 Å². The molecule has 6 heteroatoms. The summed E-state index contributed by atoms with van der Waals surface area (Å²) in [6, 6.07) is 1.58. The lowest BCUT2D eigenvalue weighted by Crippen LogP contribution is -2.38. The molecule has 1 fully saturated rings. The Morgan fingerprint density at radius 3 is 2.81 bits per heavy atom. The van der Waals surface area contributed by atoms with Crippen LogP contribution in [0.4, 0.5) is 5.82 Å². The molecular weight excluding hydrogens is 268 g/mol. The highest BCUT2D eigenvalue weighted by molar-refractivity contribution is 5.38. The molecule has 1 aliphatic heterocycles. The van der Waals surface area contributed by atoms with Crippen LogP contribution in [0.3, 0.4) is 0 Å². The molecule has 1 aromatic rings. The summed E-state index contributed by atoms with van der Waals surface area (Å²) in [7, 11) is 0. The number of nitrogens with two attached hydrogens (primary N) is 1. The van der Waals surface area contributed by atoms with Gasteiger partial charge in [-0.2, -0.15) is 0 Å². The fourth-order valence-electron chi connectivity index (χ4n) is 2.48. The van der Waals surface area contributed by atoms with Crippen LogP contribution in [0.2, 0.25) is 0 Å². The second-order valence-electron chi connectivity index (χ2n) is 5.84. The highest BCUT2D eigenvalue weighted by Crippen LogP contribution is 2.20. The van der Waals surface area contributed by atoms with Crippen molar-refractivity contribution in [1.82, 2.24) is 9.97 Å². The van der Waals surface area contributed by atoms with Gasteiger partial charge in [0.05, 0.1) is 6.10 Å². The molecule has 6 nitrogen and oxygen atoms in total. The zero-order chi connectivity index (χ0) is 15.2. The van der Waals surface area contributed by atoms with Gasteiger partial charge >= 0.3 is 0 Å². The van der Waals surface area contributed by atoms with E-state index < -0.39 is 0 Å². The van der Waals surface area contributed by atoms with Gasteiger partial charge in [0.2, 0.25) is 0 Å². The molecule has 0 spiro atoms. The molecule has 0 radical (unpaired) electrons. The fraction of sp³-hybridized carbons (Fsp3) is 0.733. The van der Waals surface area contributed by atoms with Crippen LogP contribution in [0.1, 0.15) is 44.9 Å². The van der Waals surface area contributed by atoms with Gasteiger partial charge in [-0.3, -0.25) is 4.79 Å². The third kappa shape index (κ3) is 4.54. The Balaban J connectivity index is 1.94. The molecular formula is C15H26N4O2. The lowest BCUT2D eigenvalue weighted by atomic mass is 10.1. The summed E-state index contributed by atoms with van der Waals surface area (Å²) >= 11 is 0. The van der Waals surface area contributed by atoms with Crippen LogP contribution in [0.15, 0.2) is 10.9 Å². The second-order valence-corrected chi connectivity index (χ2v) is 5.84. The van der Waals surface area contributed by atoms with E-state index in [-0.39, 0.29) is 11.5 Å². The van der Waals surface area contributed by atoms with Gasteiger partial charge < -0.3 is 20.4 Å². The summed E-state index contributed by atoms with van der Waals surface area (Å²) in [5.74, 6) is 1.75. The zero-order valence-electron chi connectivity index (χ0n) is 13.0. The van der Waals surface area contributed by atoms with Crippen LogP contribution < -0.4 is 16.2 Å². The number of nitrogens with one attached hydrogen (secondary N) is 1. The Morgan fingerprint density at radius 2 is 2.19 bits per heavy atom. The highest BCUT2D eigenvalue weighted by Gasteiger charge is 2.21. The second kappa shape index (κ2) is 7.56. The molecule has 3 N–H and O–H groups in total. The van der Waals surface area contributed by atoms with Crippen molar-refractivity contribution in [2.24, 2.45) is 5.73 Å². The molecule has 21 heavy (non-hydrogen) atoms. The lowest BCUT2D eigenvalue weighted by Gasteiger charge is -2.32. The maximum absolute atomic E-state index is 11.7. The van der Waals surface area contributed by atoms with Crippen LogP contribution in [0.5, 0.6) is 0 Å². The zero-order valence-corrected chi connectivity index (χ0v) is 13.0. The van der Waals surface area contributed by atoms with Crippen LogP contribution in [-0.2, 0) is 4.74 Å². The Labute approximate surface area is 125 Å². The average Bonchev–Trinajstić information content (AvgIpc) is 2.47. The summed E-state index contributed by atoms with van der Waals surface area (Å²) in [5, 5.41) is 0. The number of piperidine rings is 1. The number of aromatic amines is 1. The molecule has 1 saturated heterocycles. The van der Waals surface area contributed by atoms with Gasteiger partial charge in [0.25, 0.3) is 5.56 Å². The molecule has 0 aromatic carbocycles. The first-order valence-corrected chi connectivity index (χ1v) is 7.78. The standard InChI is InChI=1S/C15H26N4O2/c1-11(2)15-17-13(10-14(20)18-15)19-7-4-12(5-8-19)21-9-3-6-16/h10-12H,3-9,16H2,1-2H3,(H,17,18,20). The summed E-state index contributed by atoms with van der Waals surface area (Å²) in [6.07, 6.45) is 3.15. The topological polar surface area (TPSA) is 84.2 Å². The maximum atomic E-state index is 11.7. The van der Waals surface area contributed by atoms with E-state index in [1.807, 2.05) is 13.8 Å². The average molecular weight is 294 g/mol. The van der Waals surface area contributed by atoms with E-state index in [9.17, 15) is 4.79 Å². The Morgan fingerprint density at radius 1 is 1.48 bits per heavy atom. The SMILES string of the molecule is CC(C)c1nc(N2CCC(OCCCN)CC2)cc(=O)[nH]1. The van der Waals surface area contributed by atoms with E-state index in [0.29, 0.717) is 12.6 Å². The largest absolute Gasteiger partial charge is 0.378 e. The molecule has 0 aliphatic carbocycles. The van der Waals surface area contributed by atoms with Gasteiger partial charge in [-0.05, 0) is 25.8 Å². The van der Waals surface area contributed by atoms with Crippen LogP contribution in [-0.4, -0.2) is 42.3 Å². The molecule has 2 heterocycles. The van der Waals surface area contributed by atoms with Crippen molar-refractivity contribution in [3.63, 3.8) is 0 Å². The Bertz CT molecular complexity index is 493. The minimum Gasteiger partial charge on any atom is -0.378 e. The van der Waals surface area contributed by atoms with Gasteiger partial charge in [0.15, 0.2) is 0 Å². The van der Waals surface area contributed by atoms with E-state index in [1.165, 1.54) is 0 Å². The molecule has 0 unspecified atom stereocenters. The van der Waals surface area contributed by atoms with Crippen molar-refractivity contribution in [2.45, 2.75) is 45.1 Å². The molecule has 0 bridgehead atoms.